The number of carbonyl (C=O) groups excluding carboxylic acids is 1. The lowest BCUT2D eigenvalue weighted by molar-refractivity contribution is -0.121. The average Bonchev–Trinajstić information content (AvgIpc) is 2.86. The van der Waals surface area contributed by atoms with Crippen molar-refractivity contribution in [3.8, 4) is 0 Å². The summed E-state index contributed by atoms with van der Waals surface area (Å²) in [6.07, 6.45) is 2.19. The van der Waals surface area contributed by atoms with Gasteiger partial charge in [0.2, 0.25) is 5.91 Å². The van der Waals surface area contributed by atoms with Crippen molar-refractivity contribution in [2.24, 2.45) is 11.8 Å². The van der Waals surface area contributed by atoms with Crippen LogP contribution in [0.4, 0.5) is 9.52 Å². The average molecular weight is 319 g/mol. The van der Waals surface area contributed by atoms with Gasteiger partial charge >= 0.3 is 0 Å². The van der Waals surface area contributed by atoms with E-state index in [1.165, 1.54) is 17.4 Å². The first-order chi connectivity index (χ1) is 10.6. The third-order valence-electron chi connectivity index (χ3n) is 4.04. The fraction of sp³-hybridized carbons (Fsp3) is 0.375. The Morgan fingerprint density at radius 2 is 2.27 bits per heavy atom. The van der Waals surface area contributed by atoms with Crippen molar-refractivity contribution in [1.82, 2.24) is 10.3 Å². The summed E-state index contributed by atoms with van der Waals surface area (Å²) in [4.78, 5) is 17.3. The van der Waals surface area contributed by atoms with Crippen molar-refractivity contribution in [3.05, 3.63) is 46.7 Å². The lowest BCUT2D eigenvalue weighted by atomic mass is 9.88. The Morgan fingerprint density at radius 3 is 2.95 bits per heavy atom. The summed E-state index contributed by atoms with van der Waals surface area (Å²) in [6.45, 7) is 3.73. The van der Waals surface area contributed by atoms with Gasteiger partial charge in [0.15, 0.2) is 5.13 Å². The molecule has 2 heterocycles. The van der Waals surface area contributed by atoms with Crippen molar-refractivity contribution >= 4 is 22.4 Å². The quantitative estimate of drug-likeness (QED) is 0.891. The molecule has 0 bridgehead atoms. The standard InChI is InChI=1S/C16H18FN3OS/c1-10(12-7-18-8-12)15(21)20-16-19-9-13(22-16)6-11-4-2-3-5-14(11)17/h2-5,9-10,12,18H,6-8H2,1H3,(H,19,20,21). The molecule has 1 aromatic carbocycles. The van der Waals surface area contributed by atoms with Crippen molar-refractivity contribution in [3.63, 3.8) is 0 Å². The normalized spacial score (nSPS) is 16.1. The predicted octanol–water partition coefficient (Wildman–Crippen LogP) is 2.67. The maximum absolute atomic E-state index is 13.6. The molecule has 2 N–H and O–H groups in total. The molecule has 0 spiro atoms. The van der Waals surface area contributed by atoms with E-state index in [4.69, 9.17) is 0 Å². The zero-order valence-electron chi connectivity index (χ0n) is 12.3. The van der Waals surface area contributed by atoms with Crippen LogP contribution in [0, 0.1) is 17.7 Å². The van der Waals surface area contributed by atoms with Gasteiger partial charge in [-0.25, -0.2) is 9.37 Å². The molecule has 1 saturated heterocycles. The van der Waals surface area contributed by atoms with Gasteiger partial charge < -0.3 is 10.6 Å². The fourth-order valence-corrected chi connectivity index (χ4v) is 3.21. The summed E-state index contributed by atoms with van der Waals surface area (Å²) in [7, 11) is 0. The van der Waals surface area contributed by atoms with Gasteiger partial charge in [-0.05, 0) is 30.6 Å². The van der Waals surface area contributed by atoms with Crippen LogP contribution in [0.15, 0.2) is 30.5 Å². The molecular weight excluding hydrogens is 301 g/mol. The molecule has 2 aromatic rings. The monoisotopic (exact) mass is 319 g/mol. The number of nitrogens with zero attached hydrogens (tertiary/aromatic N) is 1. The summed E-state index contributed by atoms with van der Waals surface area (Å²) >= 11 is 1.39. The molecule has 3 rings (SSSR count). The van der Waals surface area contributed by atoms with Crippen LogP contribution >= 0.6 is 11.3 Å². The Morgan fingerprint density at radius 1 is 1.50 bits per heavy atom. The van der Waals surface area contributed by atoms with E-state index in [0.29, 0.717) is 23.0 Å². The van der Waals surface area contributed by atoms with E-state index in [0.717, 1.165) is 18.0 Å². The number of anilines is 1. The van der Waals surface area contributed by atoms with Crippen molar-refractivity contribution in [1.29, 1.82) is 0 Å². The zero-order chi connectivity index (χ0) is 15.5. The third-order valence-corrected chi connectivity index (χ3v) is 4.95. The number of hydrogen-bond donors (Lipinski definition) is 2. The lowest BCUT2D eigenvalue weighted by Crippen LogP contribution is -2.48. The number of nitrogens with one attached hydrogen (secondary N) is 2. The molecule has 1 amide bonds. The maximum atomic E-state index is 13.6. The van der Waals surface area contributed by atoms with Gasteiger partial charge in [0.25, 0.3) is 0 Å². The zero-order valence-corrected chi connectivity index (χ0v) is 13.1. The van der Waals surface area contributed by atoms with Crippen LogP contribution in [-0.2, 0) is 11.2 Å². The second kappa shape index (κ2) is 6.54. The van der Waals surface area contributed by atoms with E-state index in [9.17, 15) is 9.18 Å². The number of hydrogen-bond acceptors (Lipinski definition) is 4. The number of halogens is 1. The van der Waals surface area contributed by atoms with Crippen LogP contribution in [0.2, 0.25) is 0 Å². The van der Waals surface area contributed by atoms with Gasteiger partial charge in [-0.3, -0.25) is 4.79 Å². The summed E-state index contributed by atoms with van der Waals surface area (Å²) in [5, 5.41) is 6.61. The van der Waals surface area contributed by atoms with E-state index in [2.05, 4.69) is 15.6 Å². The van der Waals surface area contributed by atoms with Crippen molar-refractivity contribution < 1.29 is 9.18 Å². The first-order valence-corrected chi connectivity index (χ1v) is 8.15. The van der Waals surface area contributed by atoms with Crippen molar-refractivity contribution in [2.45, 2.75) is 13.3 Å². The largest absolute Gasteiger partial charge is 0.316 e. The van der Waals surface area contributed by atoms with Gasteiger partial charge in [0, 0.05) is 23.4 Å². The van der Waals surface area contributed by atoms with Gasteiger partial charge in [-0.1, -0.05) is 25.1 Å². The lowest BCUT2D eigenvalue weighted by Gasteiger charge is -2.31. The molecule has 1 fully saturated rings. The topological polar surface area (TPSA) is 54.0 Å². The van der Waals surface area contributed by atoms with Crippen LogP contribution in [-0.4, -0.2) is 24.0 Å². The molecule has 4 nitrogen and oxygen atoms in total. The highest BCUT2D eigenvalue weighted by Gasteiger charge is 2.29. The Labute approximate surface area is 132 Å². The van der Waals surface area contributed by atoms with Crippen LogP contribution in [0.1, 0.15) is 17.4 Å². The van der Waals surface area contributed by atoms with Gasteiger partial charge in [-0.2, -0.15) is 0 Å². The highest BCUT2D eigenvalue weighted by molar-refractivity contribution is 7.15. The highest BCUT2D eigenvalue weighted by atomic mass is 32.1. The number of aromatic nitrogens is 1. The van der Waals surface area contributed by atoms with Gasteiger partial charge in [-0.15, -0.1) is 11.3 Å². The first-order valence-electron chi connectivity index (χ1n) is 7.33. The molecule has 22 heavy (non-hydrogen) atoms. The first kappa shape index (κ1) is 15.1. The van der Waals surface area contributed by atoms with E-state index in [1.54, 1.807) is 18.3 Å². The fourth-order valence-electron chi connectivity index (χ4n) is 2.37. The molecule has 1 unspecified atom stereocenters. The van der Waals surface area contributed by atoms with Crippen LogP contribution in [0.5, 0.6) is 0 Å². The SMILES string of the molecule is CC(C(=O)Nc1ncc(Cc2ccccc2F)s1)C1CNC1. The molecule has 0 saturated carbocycles. The molecular formula is C16H18FN3OS. The predicted molar refractivity (Wildman–Crippen MR) is 85.5 cm³/mol. The molecule has 0 radical (unpaired) electrons. The second-order valence-corrected chi connectivity index (χ2v) is 6.71. The summed E-state index contributed by atoms with van der Waals surface area (Å²) in [5.74, 6) is 0.156. The molecule has 1 aromatic heterocycles. The number of benzene rings is 1. The number of carbonyl (C=O) groups is 1. The summed E-state index contributed by atoms with van der Waals surface area (Å²) < 4.78 is 13.6. The molecule has 0 aliphatic carbocycles. The van der Waals surface area contributed by atoms with Gasteiger partial charge in [0.1, 0.15) is 5.82 Å². The highest BCUT2D eigenvalue weighted by Crippen LogP contribution is 2.24. The Bertz CT molecular complexity index is 669. The minimum Gasteiger partial charge on any atom is -0.316 e. The van der Waals surface area contributed by atoms with Crippen LogP contribution in [0.25, 0.3) is 0 Å². The minimum atomic E-state index is -0.215. The Hall–Kier alpha value is -1.79. The number of rotatable bonds is 5. The van der Waals surface area contributed by atoms with E-state index in [1.807, 2.05) is 13.0 Å². The molecule has 116 valence electrons. The summed E-state index contributed by atoms with van der Waals surface area (Å²) in [6, 6.07) is 6.71. The summed E-state index contributed by atoms with van der Waals surface area (Å²) in [5.41, 5.74) is 0.637. The van der Waals surface area contributed by atoms with E-state index < -0.39 is 0 Å². The smallest absolute Gasteiger partial charge is 0.229 e. The van der Waals surface area contributed by atoms with Crippen molar-refractivity contribution in [2.75, 3.05) is 18.4 Å². The Kier molecular flexibility index (Phi) is 4.49. The molecule has 1 atom stereocenters. The van der Waals surface area contributed by atoms with Crippen LogP contribution in [0.3, 0.4) is 0 Å². The third kappa shape index (κ3) is 3.34. The van der Waals surface area contributed by atoms with E-state index >= 15 is 0 Å². The molecule has 6 heteroatoms. The Balaban J connectivity index is 1.61. The number of amides is 1. The maximum Gasteiger partial charge on any atom is 0.229 e. The molecule has 1 aliphatic heterocycles. The molecule has 1 aliphatic rings. The number of thiazole rings is 1. The van der Waals surface area contributed by atoms with Gasteiger partial charge in [0.05, 0.1) is 0 Å². The minimum absolute atomic E-state index is 0.00158. The van der Waals surface area contributed by atoms with E-state index in [-0.39, 0.29) is 17.6 Å². The second-order valence-electron chi connectivity index (χ2n) is 5.60. The van der Waals surface area contributed by atoms with Crippen LogP contribution < -0.4 is 10.6 Å².